The van der Waals surface area contributed by atoms with Crippen LogP contribution in [0.1, 0.15) is 11.1 Å². The number of rotatable bonds is 4. The van der Waals surface area contributed by atoms with Gasteiger partial charge in [-0.25, -0.2) is 0 Å². The Hall–Kier alpha value is -1.42. The molecule has 4 heteroatoms. The van der Waals surface area contributed by atoms with Crippen molar-refractivity contribution in [2.75, 3.05) is 11.5 Å². The molecule has 0 atom stereocenters. The normalized spacial score (nSPS) is 10.7. The fourth-order valence-electron chi connectivity index (χ4n) is 1.66. The Kier molecular flexibility index (Phi) is 3.74. The molecule has 2 rings (SSSR count). The summed E-state index contributed by atoms with van der Waals surface area (Å²) >= 11 is 1.80. The summed E-state index contributed by atoms with van der Waals surface area (Å²) in [6.07, 6.45) is 4.99. The minimum atomic E-state index is 0.906. The van der Waals surface area contributed by atoms with Crippen LogP contribution in [0.5, 0.6) is 0 Å². The second-order valence-electron chi connectivity index (χ2n) is 4.11. The molecule has 0 spiro atoms. The highest BCUT2D eigenvalue weighted by Crippen LogP contribution is 2.27. The second-order valence-corrected chi connectivity index (χ2v) is 5.24. The molecule has 0 aliphatic rings. The van der Waals surface area contributed by atoms with Crippen LogP contribution in [0.2, 0.25) is 0 Å². The molecule has 0 fully saturated rings. The lowest BCUT2D eigenvalue weighted by Crippen LogP contribution is -1.94. The monoisotopic (exact) mass is 247 g/mol. The fourth-order valence-corrected chi connectivity index (χ4v) is 2.71. The Morgan fingerprint density at radius 2 is 2.24 bits per heavy atom. The first kappa shape index (κ1) is 12.0. The van der Waals surface area contributed by atoms with Crippen LogP contribution in [0.15, 0.2) is 35.5 Å². The van der Waals surface area contributed by atoms with Gasteiger partial charge in [0, 0.05) is 29.6 Å². The van der Waals surface area contributed by atoms with E-state index in [0.717, 1.165) is 23.4 Å². The van der Waals surface area contributed by atoms with Gasteiger partial charge in [0.15, 0.2) is 0 Å². The van der Waals surface area contributed by atoms with Crippen LogP contribution in [0.3, 0.4) is 0 Å². The number of benzene rings is 1. The number of hydrogen-bond donors (Lipinski definition) is 1. The maximum Gasteiger partial charge on any atom is 0.0521 e. The standard InChI is InChI=1S/C13H17N3S/c1-10-4-3-5-12(13(10)14)17-7-6-11-8-15-16(2)9-11/h3-5,8-9H,6-7,14H2,1-2H3. The summed E-state index contributed by atoms with van der Waals surface area (Å²) in [5.41, 5.74) is 9.35. The number of nitrogens with two attached hydrogens (primary N) is 1. The first-order chi connectivity index (χ1) is 8.16. The SMILES string of the molecule is Cc1cccc(SCCc2cnn(C)c2)c1N. The predicted octanol–water partition coefficient (Wildman–Crippen LogP) is 2.65. The van der Waals surface area contributed by atoms with Gasteiger partial charge in [-0.15, -0.1) is 11.8 Å². The molecule has 3 nitrogen and oxygen atoms in total. The Morgan fingerprint density at radius 1 is 1.41 bits per heavy atom. The first-order valence-electron chi connectivity index (χ1n) is 5.62. The van der Waals surface area contributed by atoms with Gasteiger partial charge in [0.05, 0.1) is 6.20 Å². The van der Waals surface area contributed by atoms with E-state index in [1.807, 2.05) is 30.9 Å². The lowest BCUT2D eigenvalue weighted by atomic mass is 10.2. The summed E-state index contributed by atoms with van der Waals surface area (Å²) in [7, 11) is 1.94. The van der Waals surface area contributed by atoms with Crippen LogP contribution < -0.4 is 5.73 Å². The summed E-state index contributed by atoms with van der Waals surface area (Å²) in [6.45, 7) is 2.04. The third kappa shape index (κ3) is 3.03. The van der Waals surface area contributed by atoms with Crippen molar-refractivity contribution < 1.29 is 0 Å². The van der Waals surface area contributed by atoms with Gasteiger partial charge in [0.1, 0.15) is 0 Å². The van der Waals surface area contributed by atoms with Crippen molar-refractivity contribution in [1.29, 1.82) is 0 Å². The Labute approximate surface area is 106 Å². The second kappa shape index (κ2) is 5.27. The van der Waals surface area contributed by atoms with E-state index < -0.39 is 0 Å². The lowest BCUT2D eigenvalue weighted by molar-refractivity contribution is 0.767. The van der Waals surface area contributed by atoms with Crippen molar-refractivity contribution in [1.82, 2.24) is 9.78 Å². The molecule has 0 aliphatic heterocycles. The summed E-state index contributed by atoms with van der Waals surface area (Å²) in [5, 5.41) is 4.16. The highest BCUT2D eigenvalue weighted by Gasteiger charge is 2.03. The van der Waals surface area contributed by atoms with Crippen molar-refractivity contribution in [3.63, 3.8) is 0 Å². The van der Waals surface area contributed by atoms with E-state index in [0.29, 0.717) is 0 Å². The number of para-hydroxylation sites is 1. The summed E-state index contributed by atoms with van der Waals surface area (Å²) in [5.74, 6) is 1.03. The van der Waals surface area contributed by atoms with Crippen molar-refractivity contribution in [3.05, 3.63) is 41.7 Å². The lowest BCUT2D eigenvalue weighted by Gasteiger charge is -2.07. The number of hydrogen-bond acceptors (Lipinski definition) is 3. The first-order valence-corrected chi connectivity index (χ1v) is 6.61. The van der Waals surface area contributed by atoms with Gasteiger partial charge in [-0.1, -0.05) is 12.1 Å². The number of thioether (sulfide) groups is 1. The van der Waals surface area contributed by atoms with Gasteiger partial charge >= 0.3 is 0 Å². The molecular formula is C13H17N3S. The van der Waals surface area contributed by atoms with Gasteiger partial charge in [-0.2, -0.15) is 5.10 Å². The number of nitrogen functional groups attached to an aromatic ring is 1. The quantitative estimate of drug-likeness (QED) is 0.667. The minimum Gasteiger partial charge on any atom is -0.398 e. The average Bonchev–Trinajstić information content (AvgIpc) is 2.70. The zero-order valence-electron chi connectivity index (χ0n) is 10.2. The average molecular weight is 247 g/mol. The van der Waals surface area contributed by atoms with Gasteiger partial charge in [-0.3, -0.25) is 4.68 Å². The molecule has 1 aromatic heterocycles. The van der Waals surface area contributed by atoms with Crippen LogP contribution in [0.4, 0.5) is 5.69 Å². The van der Waals surface area contributed by atoms with E-state index in [-0.39, 0.29) is 0 Å². The van der Waals surface area contributed by atoms with Crippen LogP contribution in [0, 0.1) is 6.92 Å². The fraction of sp³-hybridized carbons (Fsp3) is 0.308. The number of anilines is 1. The molecular weight excluding hydrogens is 230 g/mol. The van der Waals surface area contributed by atoms with E-state index in [4.69, 9.17) is 5.73 Å². The molecule has 0 unspecified atom stereocenters. The smallest absolute Gasteiger partial charge is 0.0521 e. The number of aryl methyl sites for hydroxylation is 3. The Morgan fingerprint density at radius 3 is 2.94 bits per heavy atom. The van der Waals surface area contributed by atoms with E-state index in [1.165, 1.54) is 10.5 Å². The minimum absolute atomic E-state index is 0.906. The Bertz CT molecular complexity index is 505. The molecule has 0 saturated heterocycles. The van der Waals surface area contributed by atoms with Gasteiger partial charge < -0.3 is 5.73 Å². The third-order valence-electron chi connectivity index (χ3n) is 2.69. The number of aromatic nitrogens is 2. The zero-order valence-corrected chi connectivity index (χ0v) is 11.0. The van der Waals surface area contributed by atoms with Crippen LogP contribution in [-0.4, -0.2) is 15.5 Å². The largest absolute Gasteiger partial charge is 0.398 e. The molecule has 2 N–H and O–H groups in total. The maximum absolute atomic E-state index is 6.03. The molecule has 0 aliphatic carbocycles. The van der Waals surface area contributed by atoms with Crippen molar-refractivity contribution in [3.8, 4) is 0 Å². The van der Waals surface area contributed by atoms with Gasteiger partial charge in [0.2, 0.25) is 0 Å². The molecule has 1 aromatic carbocycles. The molecule has 17 heavy (non-hydrogen) atoms. The maximum atomic E-state index is 6.03. The van der Waals surface area contributed by atoms with Crippen LogP contribution in [-0.2, 0) is 13.5 Å². The van der Waals surface area contributed by atoms with E-state index in [9.17, 15) is 0 Å². The molecule has 2 aromatic rings. The molecule has 0 saturated carbocycles. The van der Waals surface area contributed by atoms with E-state index in [1.54, 1.807) is 11.8 Å². The number of nitrogens with zero attached hydrogens (tertiary/aromatic N) is 2. The van der Waals surface area contributed by atoms with Crippen molar-refractivity contribution >= 4 is 17.4 Å². The summed E-state index contributed by atoms with van der Waals surface area (Å²) < 4.78 is 1.83. The van der Waals surface area contributed by atoms with Crippen LogP contribution in [0.25, 0.3) is 0 Å². The topological polar surface area (TPSA) is 43.8 Å². The van der Waals surface area contributed by atoms with E-state index in [2.05, 4.69) is 23.4 Å². The van der Waals surface area contributed by atoms with Crippen LogP contribution >= 0.6 is 11.8 Å². The zero-order chi connectivity index (χ0) is 12.3. The molecule has 90 valence electrons. The predicted molar refractivity (Wildman–Crippen MR) is 73.2 cm³/mol. The van der Waals surface area contributed by atoms with Gasteiger partial charge in [0.25, 0.3) is 0 Å². The summed E-state index contributed by atoms with van der Waals surface area (Å²) in [6, 6.07) is 6.18. The van der Waals surface area contributed by atoms with Crippen molar-refractivity contribution in [2.24, 2.45) is 7.05 Å². The third-order valence-corrected chi connectivity index (χ3v) is 3.77. The molecule has 0 amide bonds. The molecule has 0 radical (unpaired) electrons. The van der Waals surface area contributed by atoms with Crippen molar-refractivity contribution in [2.45, 2.75) is 18.2 Å². The van der Waals surface area contributed by atoms with E-state index >= 15 is 0 Å². The highest BCUT2D eigenvalue weighted by molar-refractivity contribution is 7.99. The molecule has 1 heterocycles. The summed E-state index contributed by atoms with van der Waals surface area (Å²) in [4.78, 5) is 1.17. The molecule has 0 bridgehead atoms. The highest BCUT2D eigenvalue weighted by atomic mass is 32.2. The van der Waals surface area contributed by atoms with Gasteiger partial charge in [-0.05, 0) is 30.5 Å². The Balaban J connectivity index is 1.92.